The number of hydrogen-bond acceptors (Lipinski definition) is 1. The molecular weight excluding hydrogens is 333 g/mol. The number of rotatable bonds is 3. The van der Waals surface area contributed by atoms with E-state index in [0.717, 1.165) is 10.2 Å². The Morgan fingerprint density at radius 2 is 1.56 bits per heavy atom. The van der Waals surface area contributed by atoms with Crippen LogP contribution in [0.15, 0.2) is 46.9 Å². The summed E-state index contributed by atoms with van der Waals surface area (Å²) >= 11 is 15.7. The minimum Gasteiger partial charge on any atom is -0.376 e. The molecule has 0 radical (unpaired) electrons. The molecule has 0 spiro atoms. The first-order valence-electron chi connectivity index (χ1n) is 5.54. The zero-order valence-corrected chi connectivity index (χ0v) is 12.9. The van der Waals surface area contributed by atoms with Gasteiger partial charge in [0.15, 0.2) is 0 Å². The van der Waals surface area contributed by atoms with Gasteiger partial charge >= 0.3 is 0 Å². The maximum absolute atomic E-state index is 6.13. The zero-order valence-electron chi connectivity index (χ0n) is 9.75. The van der Waals surface area contributed by atoms with Crippen LogP contribution >= 0.6 is 39.1 Å². The van der Waals surface area contributed by atoms with Crippen molar-refractivity contribution in [2.24, 2.45) is 0 Å². The van der Waals surface area contributed by atoms with Crippen molar-refractivity contribution in [3.8, 4) is 0 Å². The van der Waals surface area contributed by atoms with Crippen molar-refractivity contribution in [3.63, 3.8) is 0 Å². The summed E-state index contributed by atoms with van der Waals surface area (Å²) in [6.45, 7) is 2.07. The lowest BCUT2D eigenvalue weighted by Crippen LogP contribution is -2.07. The van der Waals surface area contributed by atoms with Gasteiger partial charge in [0, 0.05) is 10.5 Å². The summed E-state index contributed by atoms with van der Waals surface area (Å²) in [6, 6.07) is 13.8. The van der Waals surface area contributed by atoms with Crippen molar-refractivity contribution >= 4 is 44.8 Å². The fraction of sp³-hybridized carbons (Fsp3) is 0.143. The molecule has 1 atom stereocenters. The highest BCUT2D eigenvalue weighted by Crippen LogP contribution is 2.32. The maximum Gasteiger partial charge on any atom is 0.0723 e. The molecule has 1 nitrogen and oxygen atoms in total. The van der Waals surface area contributed by atoms with Gasteiger partial charge < -0.3 is 5.32 Å². The van der Waals surface area contributed by atoms with Crippen molar-refractivity contribution in [1.29, 1.82) is 0 Å². The Hall–Kier alpha value is -0.700. The molecule has 0 bridgehead atoms. The lowest BCUT2D eigenvalue weighted by Gasteiger charge is -2.18. The Labute approximate surface area is 125 Å². The van der Waals surface area contributed by atoms with Gasteiger partial charge in [0.1, 0.15) is 0 Å². The van der Waals surface area contributed by atoms with Crippen molar-refractivity contribution < 1.29 is 0 Å². The molecule has 2 aromatic rings. The molecule has 18 heavy (non-hydrogen) atoms. The van der Waals surface area contributed by atoms with E-state index in [9.17, 15) is 0 Å². The van der Waals surface area contributed by atoms with Gasteiger partial charge in [-0.25, -0.2) is 0 Å². The van der Waals surface area contributed by atoms with E-state index < -0.39 is 0 Å². The molecule has 0 aliphatic rings. The summed E-state index contributed by atoms with van der Waals surface area (Å²) in [5, 5.41) is 4.60. The summed E-state index contributed by atoms with van der Waals surface area (Å²) in [5.41, 5.74) is 1.95. The molecule has 0 heterocycles. The standard InChI is InChI=1S/C14H12BrCl2N/c1-9(10-5-7-11(15)8-6-10)18-14-12(16)3-2-4-13(14)17/h2-9,18H,1H3. The van der Waals surface area contributed by atoms with Gasteiger partial charge in [-0.05, 0) is 36.8 Å². The quantitative estimate of drug-likeness (QED) is 0.727. The van der Waals surface area contributed by atoms with E-state index in [-0.39, 0.29) is 6.04 Å². The molecule has 0 aromatic heterocycles. The Morgan fingerprint density at radius 3 is 2.11 bits per heavy atom. The number of hydrogen-bond donors (Lipinski definition) is 1. The Kier molecular flexibility index (Phi) is 4.55. The van der Waals surface area contributed by atoms with Gasteiger partial charge in [0.05, 0.1) is 15.7 Å². The molecule has 0 amide bonds. The van der Waals surface area contributed by atoms with Crippen LogP contribution in [0.5, 0.6) is 0 Å². The van der Waals surface area contributed by atoms with Crippen LogP contribution in [-0.4, -0.2) is 0 Å². The third-order valence-electron chi connectivity index (χ3n) is 2.69. The Balaban J connectivity index is 2.21. The second-order valence-electron chi connectivity index (χ2n) is 4.01. The first-order chi connectivity index (χ1) is 8.58. The lowest BCUT2D eigenvalue weighted by atomic mass is 10.1. The Bertz CT molecular complexity index is 520. The highest BCUT2D eigenvalue weighted by Gasteiger charge is 2.10. The van der Waals surface area contributed by atoms with E-state index >= 15 is 0 Å². The Morgan fingerprint density at radius 1 is 1.00 bits per heavy atom. The van der Waals surface area contributed by atoms with E-state index in [2.05, 4.69) is 40.3 Å². The highest BCUT2D eigenvalue weighted by molar-refractivity contribution is 9.10. The normalized spacial score (nSPS) is 12.2. The fourth-order valence-corrected chi connectivity index (χ4v) is 2.46. The molecule has 0 saturated heterocycles. The van der Waals surface area contributed by atoms with Crippen LogP contribution in [0.2, 0.25) is 10.0 Å². The molecule has 1 unspecified atom stereocenters. The van der Waals surface area contributed by atoms with Crippen LogP contribution < -0.4 is 5.32 Å². The van der Waals surface area contributed by atoms with Crippen LogP contribution in [0, 0.1) is 0 Å². The van der Waals surface area contributed by atoms with Crippen molar-refractivity contribution in [2.75, 3.05) is 5.32 Å². The van der Waals surface area contributed by atoms with Gasteiger partial charge in [-0.3, -0.25) is 0 Å². The summed E-state index contributed by atoms with van der Waals surface area (Å²) in [6.07, 6.45) is 0. The first-order valence-corrected chi connectivity index (χ1v) is 7.09. The minimum absolute atomic E-state index is 0.135. The number of halogens is 3. The SMILES string of the molecule is CC(Nc1c(Cl)cccc1Cl)c1ccc(Br)cc1. The van der Waals surface area contributed by atoms with E-state index in [1.807, 2.05) is 30.3 Å². The monoisotopic (exact) mass is 343 g/mol. The smallest absolute Gasteiger partial charge is 0.0723 e. The number of benzene rings is 2. The molecule has 2 aromatic carbocycles. The van der Waals surface area contributed by atoms with Gasteiger partial charge in [-0.15, -0.1) is 0 Å². The molecule has 0 saturated carbocycles. The topological polar surface area (TPSA) is 12.0 Å². The van der Waals surface area contributed by atoms with Gasteiger partial charge in [-0.2, -0.15) is 0 Å². The summed E-state index contributed by atoms with van der Waals surface area (Å²) in [5.74, 6) is 0. The van der Waals surface area contributed by atoms with E-state index in [1.54, 1.807) is 0 Å². The molecule has 0 aliphatic carbocycles. The third kappa shape index (κ3) is 3.19. The van der Waals surface area contributed by atoms with Crippen molar-refractivity contribution in [3.05, 3.63) is 62.5 Å². The van der Waals surface area contributed by atoms with Crippen LogP contribution in [0.1, 0.15) is 18.5 Å². The predicted molar refractivity (Wildman–Crippen MR) is 82.6 cm³/mol. The van der Waals surface area contributed by atoms with Crippen LogP contribution in [-0.2, 0) is 0 Å². The van der Waals surface area contributed by atoms with Crippen LogP contribution in [0.4, 0.5) is 5.69 Å². The summed E-state index contributed by atoms with van der Waals surface area (Å²) < 4.78 is 1.06. The predicted octanol–water partition coefficient (Wildman–Crippen LogP) is 5.93. The average molecular weight is 345 g/mol. The fourth-order valence-electron chi connectivity index (χ4n) is 1.69. The maximum atomic E-state index is 6.13. The molecule has 2 rings (SSSR count). The second kappa shape index (κ2) is 5.96. The van der Waals surface area contributed by atoms with E-state index in [0.29, 0.717) is 10.0 Å². The molecule has 0 fully saturated rings. The zero-order chi connectivity index (χ0) is 13.1. The van der Waals surface area contributed by atoms with Crippen molar-refractivity contribution in [1.82, 2.24) is 0 Å². The van der Waals surface area contributed by atoms with E-state index in [1.165, 1.54) is 5.56 Å². The largest absolute Gasteiger partial charge is 0.376 e. The minimum atomic E-state index is 0.135. The third-order valence-corrected chi connectivity index (χ3v) is 3.85. The molecular formula is C14H12BrCl2N. The summed E-state index contributed by atoms with van der Waals surface area (Å²) in [7, 11) is 0. The molecule has 0 aliphatic heterocycles. The average Bonchev–Trinajstić information content (AvgIpc) is 2.34. The highest BCUT2D eigenvalue weighted by atomic mass is 79.9. The van der Waals surface area contributed by atoms with Crippen molar-refractivity contribution in [2.45, 2.75) is 13.0 Å². The number of para-hydroxylation sites is 1. The number of nitrogens with one attached hydrogen (secondary N) is 1. The van der Waals surface area contributed by atoms with Crippen LogP contribution in [0.3, 0.4) is 0 Å². The molecule has 1 N–H and O–H groups in total. The molecule has 4 heteroatoms. The number of anilines is 1. The van der Waals surface area contributed by atoms with Gasteiger partial charge in [0.2, 0.25) is 0 Å². The molecule has 94 valence electrons. The van der Waals surface area contributed by atoms with Gasteiger partial charge in [-0.1, -0.05) is 57.3 Å². The first kappa shape index (κ1) is 13.7. The lowest BCUT2D eigenvalue weighted by molar-refractivity contribution is 0.884. The summed E-state index contributed by atoms with van der Waals surface area (Å²) in [4.78, 5) is 0. The second-order valence-corrected chi connectivity index (χ2v) is 5.74. The van der Waals surface area contributed by atoms with Crippen LogP contribution in [0.25, 0.3) is 0 Å². The van der Waals surface area contributed by atoms with Gasteiger partial charge in [0.25, 0.3) is 0 Å². The van der Waals surface area contributed by atoms with E-state index in [4.69, 9.17) is 23.2 Å².